The first-order valence-corrected chi connectivity index (χ1v) is 9.37. The van der Waals surface area contributed by atoms with Gasteiger partial charge in [-0.25, -0.2) is 9.97 Å². The number of aromatic nitrogens is 4. The predicted molar refractivity (Wildman–Crippen MR) is 108 cm³/mol. The minimum absolute atomic E-state index is 0.0385. The van der Waals surface area contributed by atoms with E-state index in [0.29, 0.717) is 24.5 Å². The summed E-state index contributed by atoms with van der Waals surface area (Å²) < 4.78 is 0. The third-order valence-electron chi connectivity index (χ3n) is 5.18. The van der Waals surface area contributed by atoms with Crippen molar-refractivity contribution >= 4 is 16.8 Å². The summed E-state index contributed by atoms with van der Waals surface area (Å²) in [4.78, 5) is 27.8. The number of rotatable bonds is 4. The number of amides is 1. The molecule has 0 spiro atoms. The molecular weight excluding hydrogens is 352 g/mol. The molecule has 1 aromatic carbocycles. The van der Waals surface area contributed by atoms with Crippen LogP contribution in [0.3, 0.4) is 0 Å². The number of hydrogen-bond acceptors (Lipinski definition) is 4. The lowest BCUT2D eigenvalue weighted by molar-refractivity contribution is 0.0946. The summed E-state index contributed by atoms with van der Waals surface area (Å²) in [6.07, 6.45) is 5.38. The molecule has 7 nitrogen and oxygen atoms in total. The number of carbonyl (C=O) groups is 1. The fourth-order valence-corrected chi connectivity index (χ4v) is 3.76. The van der Waals surface area contributed by atoms with Gasteiger partial charge in [0.2, 0.25) is 0 Å². The lowest BCUT2D eigenvalue weighted by Crippen LogP contribution is -2.31. The zero-order valence-electron chi connectivity index (χ0n) is 15.2. The second-order valence-electron chi connectivity index (χ2n) is 6.96. The molecule has 1 aliphatic rings. The largest absolute Gasteiger partial charge is 0.361 e. The molecule has 1 amide bonds. The molecule has 4 heterocycles. The van der Waals surface area contributed by atoms with Crippen LogP contribution in [-0.4, -0.2) is 38.9 Å². The highest BCUT2D eigenvalue weighted by Gasteiger charge is 2.20. The number of fused-ring (bicyclic) bond motifs is 2. The number of H-pyrrole nitrogens is 2. The molecule has 7 heteroatoms. The van der Waals surface area contributed by atoms with Gasteiger partial charge in [0.25, 0.3) is 5.91 Å². The van der Waals surface area contributed by atoms with Crippen molar-refractivity contribution in [2.45, 2.75) is 12.8 Å². The van der Waals surface area contributed by atoms with Crippen molar-refractivity contribution in [2.75, 3.05) is 13.1 Å². The van der Waals surface area contributed by atoms with Crippen LogP contribution in [0.15, 0.2) is 42.7 Å². The lowest BCUT2D eigenvalue weighted by atomic mass is 10.1. The molecule has 0 unspecified atom stereocenters. The van der Waals surface area contributed by atoms with Gasteiger partial charge < -0.3 is 21.0 Å². The second kappa shape index (κ2) is 6.61. The van der Waals surface area contributed by atoms with Crippen molar-refractivity contribution in [3.05, 3.63) is 59.5 Å². The Kier molecular flexibility index (Phi) is 3.95. The van der Waals surface area contributed by atoms with Crippen LogP contribution in [0.4, 0.5) is 0 Å². The smallest absolute Gasteiger partial charge is 0.253 e. The minimum atomic E-state index is -0.0385. The minimum Gasteiger partial charge on any atom is -0.361 e. The highest BCUT2D eigenvalue weighted by molar-refractivity contribution is 5.97. The highest BCUT2D eigenvalue weighted by atomic mass is 16.1. The maximum Gasteiger partial charge on any atom is 0.253 e. The first-order valence-electron chi connectivity index (χ1n) is 9.37. The van der Waals surface area contributed by atoms with Gasteiger partial charge in [-0.3, -0.25) is 4.79 Å². The highest BCUT2D eigenvalue weighted by Crippen LogP contribution is 2.27. The van der Waals surface area contributed by atoms with E-state index in [0.717, 1.165) is 46.4 Å². The third-order valence-corrected chi connectivity index (χ3v) is 5.18. The van der Waals surface area contributed by atoms with E-state index in [9.17, 15) is 4.79 Å². The van der Waals surface area contributed by atoms with Crippen LogP contribution in [0.25, 0.3) is 33.7 Å². The maximum absolute atomic E-state index is 12.0. The van der Waals surface area contributed by atoms with Gasteiger partial charge in [0.15, 0.2) is 5.82 Å². The van der Waals surface area contributed by atoms with Crippen molar-refractivity contribution in [3.8, 4) is 22.8 Å². The van der Waals surface area contributed by atoms with Gasteiger partial charge in [0.1, 0.15) is 0 Å². The predicted octanol–water partition coefficient (Wildman–Crippen LogP) is 2.41. The Balaban J connectivity index is 1.55. The summed E-state index contributed by atoms with van der Waals surface area (Å²) in [5, 5.41) is 4.01. The molecule has 5 rings (SSSR count). The molecule has 4 aromatic rings. The average Bonchev–Trinajstić information content (AvgIpc) is 3.33. The number of benzene rings is 1. The third kappa shape index (κ3) is 2.76. The first kappa shape index (κ1) is 16.7. The maximum atomic E-state index is 12.0. The fraction of sp³-hybridized carbons (Fsp3) is 0.190. The summed E-state index contributed by atoms with van der Waals surface area (Å²) >= 11 is 0. The molecule has 0 saturated heterocycles. The lowest BCUT2D eigenvalue weighted by Gasteiger charge is -2.10. The Morgan fingerprint density at radius 3 is 2.96 bits per heavy atom. The van der Waals surface area contributed by atoms with E-state index in [4.69, 9.17) is 10.7 Å². The molecule has 0 atom stereocenters. The summed E-state index contributed by atoms with van der Waals surface area (Å²) in [5.74, 6) is 0.611. The molecule has 0 aliphatic carbocycles. The quantitative estimate of drug-likeness (QED) is 0.441. The van der Waals surface area contributed by atoms with Gasteiger partial charge in [0.05, 0.1) is 17.0 Å². The number of nitrogens with one attached hydrogen (secondary N) is 3. The van der Waals surface area contributed by atoms with Crippen molar-refractivity contribution in [1.82, 2.24) is 25.3 Å². The van der Waals surface area contributed by atoms with Crippen LogP contribution in [0.1, 0.15) is 21.6 Å². The Bertz CT molecular complexity index is 1190. The zero-order chi connectivity index (χ0) is 19.1. The summed E-state index contributed by atoms with van der Waals surface area (Å²) in [7, 11) is 0. The van der Waals surface area contributed by atoms with E-state index in [-0.39, 0.29) is 5.91 Å². The molecular formula is C21H20N6O. The molecule has 0 radical (unpaired) electrons. The van der Waals surface area contributed by atoms with Gasteiger partial charge in [-0.1, -0.05) is 0 Å². The Morgan fingerprint density at radius 1 is 1.18 bits per heavy atom. The van der Waals surface area contributed by atoms with Gasteiger partial charge >= 0.3 is 0 Å². The molecule has 3 aromatic heterocycles. The molecule has 28 heavy (non-hydrogen) atoms. The van der Waals surface area contributed by atoms with Gasteiger partial charge in [-0.2, -0.15) is 0 Å². The molecule has 0 saturated carbocycles. The van der Waals surface area contributed by atoms with Crippen LogP contribution < -0.4 is 11.1 Å². The number of aromatic amines is 2. The summed E-state index contributed by atoms with van der Waals surface area (Å²) in [6, 6.07) is 9.87. The SMILES string of the molecule is NCCc1c[nH]c2ccc(-c3nccc(-c4cc5c([nH]4)CCNC5=O)n3)cc12. The number of nitrogens with zero attached hydrogens (tertiary/aromatic N) is 2. The van der Waals surface area contributed by atoms with Crippen LogP contribution in [0.2, 0.25) is 0 Å². The van der Waals surface area contributed by atoms with Crippen LogP contribution >= 0.6 is 0 Å². The van der Waals surface area contributed by atoms with Crippen LogP contribution in [0, 0.1) is 0 Å². The fourth-order valence-electron chi connectivity index (χ4n) is 3.76. The molecule has 0 fully saturated rings. The van der Waals surface area contributed by atoms with Crippen LogP contribution in [0.5, 0.6) is 0 Å². The topological polar surface area (TPSA) is 112 Å². The molecule has 5 N–H and O–H groups in total. The van der Waals surface area contributed by atoms with E-state index < -0.39 is 0 Å². The first-order chi connectivity index (χ1) is 13.7. The standard InChI is InChI=1S/C21H20N6O/c22-6-3-13-11-25-16-2-1-12(9-14(13)16)20-23-7-5-18(27-20)19-10-15-17(26-19)4-8-24-21(15)28/h1-2,5,7,9-11,25-26H,3-4,6,8,22H2,(H,24,28). The van der Waals surface area contributed by atoms with Gasteiger partial charge in [-0.15, -0.1) is 0 Å². The van der Waals surface area contributed by atoms with E-state index in [1.165, 1.54) is 5.56 Å². The number of carbonyl (C=O) groups excluding carboxylic acids is 1. The second-order valence-corrected chi connectivity index (χ2v) is 6.96. The van der Waals surface area contributed by atoms with Crippen molar-refractivity contribution in [3.63, 3.8) is 0 Å². The van der Waals surface area contributed by atoms with E-state index in [2.05, 4.69) is 26.3 Å². The van der Waals surface area contributed by atoms with Crippen molar-refractivity contribution in [2.24, 2.45) is 5.73 Å². The normalized spacial score (nSPS) is 13.5. The monoisotopic (exact) mass is 372 g/mol. The van der Waals surface area contributed by atoms with Crippen molar-refractivity contribution < 1.29 is 4.79 Å². The molecule has 1 aliphatic heterocycles. The Morgan fingerprint density at radius 2 is 2.11 bits per heavy atom. The van der Waals surface area contributed by atoms with E-state index in [1.807, 2.05) is 30.5 Å². The Hall–Kier alpha value is -3.45. The molecule has 0 bridgehead atoms. The van der Waals surface area contributed by atoms with Gasteiger partial charge in [0, 0.05) is 47.5 Å². The van der Waals surface area contributed by atoms with Crippen molar-refractivity contribution in [1.29, 1.82) is 0 Å². The van der Waals surface area contributed by atoms with Gasteiger partial charge in [-0.05, 0) is 48.9 Å². The summed E-state index contributed by atoms with van der Waals surface area (Å²) in [5.41, 5.74) is 12.2. The Labute approximate surface area is 161 Å². The van der Waals surface area contributed by atoms with E-state index >= 15 is 0 Å². The summed E-state index contributed by atoms with van der Waals surface area (Å²) in [6.45, 7) is 1.26. The van der Waals surface area contributed by atoms with E-state index in [1.54, 1.807) is 6.20 Å². The average molecular weight is 372 g/mol. The van der Waals surface area contributed by atoms with Crippen LogP contribution in [-0.2, 0) is 12.8 Å². The number of hydrogen-bond donors (Lipinski definition) is 4. The molecule has 140 valence electrons. The number of nitrogens with two attached hydrogens (primary N) is 1. The zero-order valence-corrected chi connectivity index (χ0v) is 15.2.